The number of aryl methyl sites for hydroxylation is 2. The molecule has 1 N–H and O–H groups in total. The topological polar surface area (TPSA) is 91.7 Å². The quantitative estimate of drug-likeness (QED) is 0.477. The smallest absolute Gasteiger partial charge is 0.204 e. The molecule has 0 aliphatic carbocycles. The summed E-state index contributed by atoms with van der Waals surface area (Å²) in [5.41, 5.74) is 1.65. The molecule has 184 valence electrons. The van der Waals surface area contributed by atoms with Crippen molar-refractivity contribution in [3.8, 4) is 0 Å². The first kappa shape index (κ1) is 27.6. The molecule has 0 spiro atoms. The molecular formula is C26H33NO5S2. The van der Waals surface area contributed by atoms with Crippen LogP contribution in [0.3, 0.4) is 0 Å². The number of hydrogen-bond acceptors (Lipinski definition) is 6. The molecule has 8 heteroatoms. The fourth-order valence-corrected chi connectivity index (χ4v) is 5.85. The van der Waals surface area contributed by atoms with E-state index in [0.717, 1.165) is 16.8 Å². The number of rotatable bonds is 8. The van der Waals surface area contributed by atoms with Crippen molar-refractivity contribution in [2.45, 2.75) is 48.8 Å². The molecule has 0 amide bonds. The minimum absolute atomic E-state index is 0.0277. The molecule has 0 saturated heterocycles. The van der Waals surface area contributed by atoms with E-state index in [4.69, 9.17) is 0 Å². The third-order valence-corrected chi connectivity index (χ3v) is 8.78. The van der Waals surface area contributed by atoms with Crippen molar-refractivity contribution < 1.29 is 21.9 Å². The van der Waals surface area contributed by atoms with Crippen LogP contribution in [0.25, 0.3) is 0 Å². The van der Waals surface area contributed by atoms with Gasteiger partial charge in [0.15, 0.2) is 15.3 Å². The third-order valence-electron chi connectivity index (χ3n) is 5.18. The number of nitrogens with zero attached hydrogens (tertiary/aromatic N) is 1. The molecular weight excluding hydrogens is 470 g/mol. The molecule has 3 rings (SSSR count). The molecule has 34 heavy (non-hydrogen) atoms. The molecule has 3 aromatic rings. The highest BCUT2D eigenvalue weighted by atomic mass is 32.2. The summed E-state index contributed by atoms with van der Waals surface area (Å²) in [6.07, 6.45) is 0.919. The maximum absolute atomic E-state index is 12.3. The predicted octanol–water partition coefficient (Wildman–Crippen LogP) is 4.75. The van der Waals surface area contributed by atoms with Crippen molar-refractivity contribution in [3.63, 3.8) is 0 Å². The van der Waals surface area contributed by atoms with E-state index in [-0.39, 0.29) is 17.2 Å². The predicted molar refractivity (Wildman–Crippen MR) is 137 cm³/mol. The zero-order valence-electron chi connectivity index (χ0n) is 20.0. The van der Waals surface area contributed by atoms with Crippen LogP contribution >= 0.6 is 0 Å². The van der Waals surface area contributed by atoms with Gasteiger partial charge >= 0.3 is 0 Å². The zero-order chi connectivity index (χ0) is 25.4. The Morgan fingerprint density at radius 1 is 0.765 bits per heavy atom. The van der Waals surface area contributed by atoms with Gasteiger partial charge in [-0.3, -0.25) is 0 Å². The summed E-state index contributed by atoms with van der Waals surface area (Å²) in [5, 5.41) is 9.51. The summed E-state index contributed by atoms with van der Waals surface area (Å²) >= 11 is 0. The van der Waals surface area contributed by atoms with Crippen molar-refractivity contribution in [3.05, 3.63) is 90.0 Å². The summed E-state index contributed by atoms with van der Waals surface area (Å²) in [6.45, 7) is 5.67. The summed E-state index contributed by atoms with van der Waals surface area (Å²) in [5.74, 6) is -0.0277. The lowest BCUT2D eigenvalue weighted by Gasteiger charge is -2.19. The standard InChI is InChI=1S/C15H17NO2S.C11H16O3S/c1-13-8-10-15(11-9-13)19(17,18)12-16(2)14-6-4-3-5-7-14;1-3-4-11(12)15(13,14)10-7-5-9(2)6-8-10/h3-11H,12H2,1-2H3;5-8,11-12H,3-4H2,1-2H3. The van der Waals surface area contributed by atoms with Gasteiger partial charge in [-0.1, -0.05) is 66.9 Å². The van der Waals surface area contributed by atoms with Crippen LogP contribution in [0.1, 0.15) is 30.9 Å². The van der Waals surface area contributed by atoms with Crippen LogP contribution in [0, 0.1) is 13.8 Å². The van der Waals surface area contributed by atoms with Crippen molar-refractivity contribution in [1.82, 2.24) is 0 Å². The van der Waals surface area contributed by atoms with E-state index in [1.807, 2.05) is 63.2 Å². The number of aliphatic hydroxyl groups excluding tert-OH is 1. The van der Waals surface area contributed by atoms with Gasteiger partial charge in [0, 0.05) is 12.7 Å². The molecule has 0 radical (unpaired) electrons. The Morgan fingerprint density at radius 2 is 1.24 bits per heavy atom. The first-order valence-electron chi connectivity index (χ1n) is 11.0. The number of anilines is 1. The lowest BCUT2D eigenvalue weighted by molar-refractivity contribution is 0.237. The Balaban J connectivity index is 0.000000248. The van der Waals surface area contributed by atoms with E-state index >= 15 is 0 Å². The SMILES string of the molecule is CCCC(O)S(=O)(=O)c1ccc(C)cc1.Cc1ccc(S(=O)(=O)CN(C)c2ccccc2)cc1. The average Bonchev–Trinajstić information content (AvgIpc) is 2.80. The Bertz CT molecular complexity index is 1240. The van der Waals surface area contributed by atoms with Crippen LogP contribution in [0.4, 0.5) is 5.69 Å². The fraction of sp³-hybridized carbons (Fsp3) is 0.308. The van der Waals surface area contributed by atoms with Crippen LogP contribution in [0.2, 0.25) is 0 Å². The molecule has 0 saturated carbocycles. The van der Waals surface area contributed by atoms with Crippen molar-refractivity contribution >= 4 is 25.4 Å². The second-order valence-corrected chi connectivity index (χ2v) is 12.3. The van der Waals surface area contributed by atoms with Gasteiger partial charge in [-0.2, -0.15) is 0 Å². The van der Waals surface area contributed by atoms with Crippen LogP contribution in [-0.4, -0.2) is 40.3 Å². The zero-order valence-corrected chi connectivity index (χ0v) is 21.7. The summed E-state index contributed by atoms with van der Waals surface area (Å²) in [6, 6.07) is 22.9. The Labute approximate surface area is 203 Å². The minimum Gasteiger partial charge on any atom is -0.377 e. The molecule has 0 bridgehead atoms. The Hall–Kier alpha value is -2.68. The lowest BCUT2D eigenvalue weighted by Crippen LogP contribution is -2.25. The van der Waals surface area contributed by atoms with E-state index in [1.165, 1.54) is 12.1 Å². The van der Waals surface area contributed by atoms with Crippen molar-refractivity contribution in [1.29, 1.82) is 0 Å². The number of aliphatic hydroxyl groups is 1. The van der Waals surface area contributed by atoms with Gasteiger partial charge in [0.1, 0.15) is 5.88 Å². The highest BCUT2D eigenvalue weighted by Crippen LogP contribution is 2.19. The van der Waals surface area contributed by atoms with Crippen LogP contribution in [0.15, 0.2) is 88.7 Å². The molecule has 0 fully saturated rings. The van der Waals surface area contributed by atoms with E-state index in [9.17, 15) is 21.9 Å². The van der Waals surface area contributed by atoms with Gasteiger partial charge in [0.05, 0.1) is 9.79 Å². The maximum atomic E-state index is 12.3. The van der Waals surface area contributed by atoms with Gasteiger partial charge in [-0.15, -0.1) is 0 Å². The summed E-state index contributed by atoms with van der Waals surface area (Å²) < 4.78 is 48.1. The number of sulfone groups is 2. The molecule has 0 aliphatic heterocycles. The molecule has 0 heterocycles. The molecule has 1 atom stereocenters. The Morgan fingerprint density at radius 3 is 1.71 bits per heavy atom. The van der Waals surface area contributed by atoms with Crippen LogP contribution in [0.5, 0.6) is 0 Å². The summed E-state index contributed by atoms with van der Waals surface area (Å²) in [7, 11) is -5.08. The average molecular weight is 504 g/mol. The van der Waals surface area contributed by atoms with Crippen molar-refractivity contribution in [2.24, 2.45) is 0 Å². The van der Waals surface area contributed by atoms with Crippen LogP contribution < -0.4 is 4.90 Å². The first-order chi connectivity index (χ1) is 16.0. The molecule has 6 nitrogen and oxygen atoms in total. The second-order valence-electron chi connectivity index (χ2n) is 8.19. The monoisotopic (exact) mass is 503 g/mol. The first-order valence-corrected chi connectivity index (χ1v) is 14.2. The van der Waals surface area contributed by atoms with Gasteiger partial charge in [-0.25, -0.2) is 16.8 Å². The molecule has 0 aliphatic rings. The summed E-state index contributed by atoms with van der Waals surface area (Å²) in [4.78, 5) is 2.28. The van der Waals surface area contributed by atoms with E-state index in [0.29, 0.717) is 11.3 Å². The van der Waals surface area contributed by atoms with Gasteiger partial charge in [-0.05, 0) is 56.7 Å². The molecule has 1 unspecified atom stereocenters. The van der Waals surface area contributed by atoms with Crippen molar-refractivity contribution in [2.75, 3.05) is 17.8 Å². The highest BCUT2D eigenvalue weighted by Gasteiger charge is 2.23. The molecule has 3 aromatic carbocycles. The third kappa shape index (κ3) is 7.68. The van der Waals surface area contributed by atoms with Gasteiger partial charge in [0.2, 0.25) is 9.84 Å². The molecule has 0 aromatic heterocycles. The van der Waals surface area contributed by atoms with Crippen LogP contribution in [-0.2, 0) is 19.7 Å². The van der Waals surface area contributed by atoms with E-state index in [2.05, 4.69) is 0 Å². The lowest BCUT2D eigenvalue weighted by atomic mass is 10.2. The number of benzene rings is 3. The largest absolute Gasteiger partial charge is 0.377 e. The normalized spacial score (nSPS) is 12.4. The maximum Gasteiger partial charge on any atom is 0.204 e. The van der Waals surface area contributed by atoms with E-state index < -0.39 is 25.1 Å². The van der Waals surface area contributed by atoms with Gasteiger partial charge in [0.25, 0.3) is 0 Å². The number of para-hydroxylation sites is 1. The van der Waals surface area contributed by atoms with E-state index in [1.54, 1.807) is 36.2 Å². The second kappa shape index (κ2) is 12.1. The highest BCUT2D eigenvalue weighted by molar-refractivity contribution is 7.92. The van der Waals surface area contributed by atoms with Gasteiger partial charge < -0.3 is 10.0 Å². The Kier molecular flexibility index (Phi) is 9.85. The minimum atomic E-state index is -3.56. The number of hydrogen-bond donors (Lipinski definition) is 1. The fourth-order valence-electron chi connectivity index (χ4n) is 3.12.